The molecule has 0 fully saturated rings. The van der Waals surface area contributed by atoms with Crippen molar-refractivity contribution >= 4 is 22.8 Å². The number of carbonyl (C=O) groups is 1. The molecule has 5 heteroatoms. The van der Waals surface area contributed by atoms with Gasteiger partial charge in [0, 0.05) is 12.7 Å². The zero-order chi connectivity index (χ0) is 14.4. The number of nitrogens with zero attached hydrogens (tertiary/aromatic N) is 3. The number of rotatable bonds is 3. The lowest BCUT2D eigenvalue weighted by Crippen LogP contribution is -2.05. The summed E-state index contributed by atoms with van der Waals surface area (Å²) in [7, 11) is 1.92. The van der Waals surface area contributed by atoms with E-state index in [2.05, 4.69) is 24.0 Å². The van der Waals surface area contributed by atoms with Crippen molar-refractivity contribution in [2.24, 2.45) is 7.05 Å². The van der Waals surface area contributed by atoms with Crippen molar-refractivity contribution < 1.29 is 9.90 Å². The van der Waals surface area contributed by atoms with E-state index in [1.165, 1.54) is 5.56 Å². The summed E-state index contributed by atoms with van der Waals surface area (Å²) in [5, 5.41) is 9.13. The number of fused-ring (bicyclic) bond motifs is 3. The van der Waals surface area contributed by atoms with Crippen LogP contribution < -0.4 is 0 Å². The van der Waals surface area contributed by atoms with E-state index in [0.717, 1.165) is 34.6 Å². The van der Waals surface area contributed by atoms with Crippen molar-refractivity contribution in [3.05, 3.63) is 35.2 Å². The topological polar surface area (TPSA) is 59.5 Å². The average Bonchev–Trinajstić information content (AvgIpc) is 2.89. The van der Waals surface area contributed by atoms with Gasteiger partial charge in [0.05, 0.1) is 23.1 Å². The number of aliphatic carboxylic acids is 1. The molecular formula is C15H17N3O2. The Balaban J connectivity index is 2.41. The first-order chi connectivity index (χ1) is 9.52. The first-order valence-corrected chi connectivity index (χ1v) is 6.70. The van der Waals surface area contributed by atoms with E-state index >= 15 is 0 Å². The summed E-state index contributed by atoms with van der Waals surface area (Å²) in [4.78, 5) is 15.7. The molecule has 20 heavy (non-hydrogen) atoms. The van der Waals surface area contributed by atoms with Gasteiger partial charge in [0.2, 0.25) is 5.78 Å². The smallest absolute Gasteiger partial charge is 0.309 e. The number of aromatic nitrogens is 3. The van der Waals surface area contributed by atoms with Crippen molar-refractivity contribution in [3.8, 4) is 0 Å². The molecule has 0 amide bonds. The summed E-state index contributed by atoms with van der Waals surface area (Å²) in [5.41, 5.74) is 4.85. The molecule has 0 radical (unpaired) electrons. The Labute approximate surface area is 116 Å². The summed E-state index contributed by atoms with van der Waals surface area (Å²) in [5.74, 6) is -0.0314. The lowest BCUT2D eigenvalue weighted by atomic mass is 10.1. The van der Waals surface area contributed by atoms with Crippen molar-refractivity contribution in [3.63, 3.8) is 0 Å². The van der Waals surface area contributed by atoms with Crippen LogP contribution in [0.3, 0.4) is 0 Å². The van der Waals surface area contributed by atoms with Gasteiger partial charge in [-0.15, -0.1) is 0 Å². The summed E-state index contributed by atoms with van der Waals surface area (Å²) in [6.45, 7) is 4.04. The van der Waals surface area contributed by atoms with Crippen LogP contribution in [0.5, 0.6) is 0 Å². The molecule has 1 aromatic carbocycles. The van der Waals surface area contributed by atoms with Crippen LogP contribution in [0.25, 0.3) is 16.8 Å². The van der Waals surface area contributed by atoms with Crippen LogP contribution in [0, 0.1) is 6.92 Å². The van der Waals surface area contributed by atoms with Crippen LogP contribution >= 0.6 is 0 Å². The number of imidazole rings is 2. The van der Waals surface area contributed by atoms with Crippen molar-refractivity contribution in [2.75, 3.05) is 0 Å². The molecule has 3 rings (SSSR count). The second kappa shape index (κ2) is 4.37. The second-order valence-corrected chi connectivity index (χ2v) is 5.09. The number of carboxylic acid groups (broad SMARTS) is 1. The summed E-state index contributed by atoms with van der Waals surface area (Å²) >= 11 is 0. The first-order valence-electron chi connectivity index (χ1n) is 6.70. The lowest BCUT2D eigenvalue weighted by Gasteiger charge is -2.01. The Bertz CT molecular complexity index is 827. The van der Waals surface area contributed by atoms with Gasteiger partial charge < -0.3 is 9.67 Å². The van der Waals surface area contributed by atoms with Crippen LogP contribution in [-0.2, 0) is 24.7 Å². The quantitative estimate of drug-likeness (QED) is 0.795. The third kappa shape index (κ3) is 1.70. The van der Waals surface area contributed by atoms with Crippen LogP contribution in [0.2, 0.25) is 0 Å². The molecule has 0 saturated heterocycles. The molecule has 0 atom stereocenters. The molecule has 2 heterocycles. The predicted octanol–water partition coefficient (Wildman–Crippen LogP) is 2.32. The van der Waals surface area contributed by atoms with E-state index in [1.807, 2.05) is 29.0 Å². The molecule has 2 aromatic heterocycles. The Hall–Kier alpha value is -2.30. The largest absolute Gasteiger partial charge is 0.481 e. The Kier molecular flexibility index (Phi) is 2.78. The Morgan fingerprint density at radius 1 is 1.40 bits per heavy atom. The van der Waals surface area contributed by atoms with E-state index in [0.29, 0.717) is 0 Å². The van der Waals surface area contributed by atoms with E-state index < -0.39 is 5.97 Å². The predicted molar refractivity (Wildman–Crippen MR) is 77.1 cm³/mol. The minimum atomic E-state index is -0.825. The van der Waals surface area contributed by atoms with E-state index in [-0.39, 0.29) is 6.42 Å². The maximum atomic E-state index is 11.1. The van der Waals surface area contributed by atoms with E-state index in [1.54, 1.807) is 0 Å². The van der Waals surface area contributed by atoms with Gasteiger partial charge in [0.1, 0.15) is 0 Å². The van der Waals surface area contributed by atoms with Crippen molar-refractivity contribution in [1.82, 2.24) is 14.0 Å². The van der Waals surface area contributed by atoms with Crippen molar-refractivity contribution in [2.45, 2.75) is 26.7 Å². The third-order valence-electron chi connectivity index (χ3n) is 3.92. The fraction of sp³-hybridized carbons (Fsp3) is 0.333. The highest BCUT2D eigenvalue weighted by molar-refractivity contribution is 5.82. The Morgan fingerprint density at radius 2 is 2.15 bits per heavy atom. The fourth-order valence-corrected chi connectivity index (χ4v) is 2.67. The van der Waals surface area contributed by atoms with Gasteiger partial charge >= 0.3 is 5.97 Å². The zero-order valence-corrected chi connectivity index (χ0v) is 11.8. The summed E-state index contributed by atoms with van der Waals surface area (Å²) in [6, 6.07) is 6.17. The standard InChI is InChI=1S/C15H17N3O2/c1-4-10-5-6-11-13(7-10)18-12(8-14(19)20)9(2)17(3)15(18)16-11/h5-7H,4,8H2,1-3H3,(H,19,20). The van der Waals surface area contributed by atoms with E-state index in [4.69, 9.17) is 5.11 Å². The maximum Gasteiger partial charge on any atom is 0.309 e. The van der Waals surface area contributed by atoms with Crippen molar-refractivity contribution in [1.29, 1.82) is 0 Å². The maximum absolute atomic E-state index is 11.1. The number of aryl methyl sites for hydroxylation is 2. The van der Waals surface area contributed by atoms with Gasteiger partial charge in [-0.05, 0) is 31.0 Å². The minimum Gasteiger partial charge on any atom is -0.481 e. The normalized spacial score (nSPS) is 11.6. The second-order valence-electron chi connectivity index (χ2n) is 5.09. The summed E-state index contributed by atoms with van der Waals surface area (Å²) < 4.78 is 3.92. The van der Waals surface area contributed by atoms with Gasteiger partial charge in [0.15, 0.2) is 0 Å². The molecule has 0 aliphatic heterocycles. The van der Waals surface area contributed by atoms with Gasteiger partial charge in [-0.2, -0.15) is 0 Å². The van der Waals surface area contributed by atoms with Gasteiger partial charge in [-0.3, -0.25) is 9.20 Å². The van der Waals surface area contributed by atoms with Gasteiger partial charge in [-0.1, -0.05) is 13.0 Å². The molecule has 0 aliphatic carbocycles. The first kappa shape index (κ1) is 12.7. The molecule has 104 valence electrons. The number of hydrogen-bond acceptors (Lipinski definition) is 2. The zero-order valence-electron chi connectivity index (χ0n) is 11.8. The molecule has 0 bridgehead atoms. The molecule has 0 unspecified atom stereocenters. The van der Waals surface area contributed by atoms with Crippen LogP contribution in [0.1, 0.15) is 23.9 Å². The van der Waals surface area contributed by atoms with E-state index in [9.17, 15) is 4.79 Å². The average molecular weight is 271 g/mol. The fourth-order valence-electron chi connectivity index (χ4n) is 2.67. The van der Waals surface area contributed by atoms with Gasteiger partial charge in [0.25, 0.3) is 0 Å². The molecule has 1 N–H and O–H groups in total. The highest BCUT2D eigenvalue weighted by Crippen LogP contribution is 2.24. The number of carboxylic acids is 1. The number of hydrogen-bond donors (Lipinski definition) is 1. The monoisotopic (exact) mass is 271 g/mol. The third-order valence-corrected chi connectivity index (χ3v) is 3.92. The van der Waals surface area contributed by atoms with Gasteiger partial charge in [-0.25, -0.2) is 4.98 Å². The highest BCUT2D eigenvalue weighted by Gasteiger charge is 2.18. The SMILES string of the molecule is CCc1ccc2nc3n(C)c(C)c(CC(=O)O)n3c2c1. The molecule has 0 spiro atoms. The van der Waals surface area contributed by atoms with Crippen LogP contribution in [-0.4, -0.2) is 25.0 Å². The lowest BCUT2D eigenvalue weighted by molar-refractivity contribution is -0.136. The van der Waals surface area contributed by atoms with Crippen LogP contribution in [0.4, 0.5) is 0 Å². The molecule has 0 saturated carbocycles. The summed E-state index contributed by atoms with van der Waals surface area (Å²) in [6.07, 6.45) is 0.953. The number of benzene rings is 1. The molecular weight excluding hydrogens is 254 g/mol. The molecule has 3 aromatic rings. The molecule has 5 nitrogen and oxygen atoms in total. The highest BCUT2D eigenvalue weighted by atomic mass is 16.4. The molecule has 0 aliphatic rings. The minimum absolute atomic E-state index is 0.00495. The Morgan fingerprint density at radius 3 is 2.80 bits per heavy atom. The van der Waals surface area contributed by atoms with Crippen LogP contribution in [0.15, 0.2) is 18.2 Å².